The fourth-order valence-corrected chi connectivity index (χ4v) is 4.58. The number of rotatable bonds is 3. The van der Waals surface area contributed by atoms with Gasteiger partial charge >= 0.3 is 0 Å². The molecule has 0 radical (unpaired) electrons. The first kappa shape index (κ1) is 17.9. The van der Waals surface area contributed by atoms with Gasteiger partial charge < -0.3 is 0 Å². The zero-order valence-corrected chi connectivity index (χ0v) is 16.9. The van der Waals surface area contributed by atoms with Gasteiger partial charge in [0.15, 0.2) is 0 Å². The molecule has 1 atom stereocenters. The zero-order chi connectivity index (χ0) is 19.6. The van der Waals surface area contributed by atoms with Crippen molar-refractivity contribution in [2.24, 2.45) is 4.99 Å². The molecule has 1 unspecified atom stereocenters. The molecular weight excluding hydrogens is 376 g/mol. The number of nitrogens with zero attached hydrogens (tertiary/aromatic N) is 4. The summed E-state index contributed by atoms with van der Waals surface area (Å²) in [6, 6.07) is 26.9. The van der Waals surface area contributed by atoms with Crippen LogP contribution in [0.1, 0.15) is 28.5 Å². The second-order valence-electron chi connectivity index (χ2n) is 7.10. The highest BCUT2D eigenvalue weighted by atomic mass is 32.2. The lowest BCUT2D eigenvalue weighted by atomic mass is 10.0. The van der Waals surface area contributed by atoms with Crippen molar-refractivity contribution in [2.75, 3.05) is 0 Å². The van der Waals surface area contributed by atoms with E-state index in [9.17, 15) is 0 Å². The fourth-order valence-electron chi connectivity index (χ4n) is 3.41. The number of benzene rings is 3. The fraction of sp³-hybridized carbons (Fsp3) is 0.125. The third-order valence-corrected chi connectivity index (χ3v) is 6.27. The third-order valence-electron chi connectivity index (χ3n) is 4.98. The van der Waals surface area contributed by atoms with Gasteiger partial charge in [-0.05, 0) is 36.8 Å². The molecule has 5 heteroatoms. The van der Waals surface area contributed by atoms with E-state index in [1.54, 1.807) is 4.80 Å². The molecule has 3 aromatic carbocycles. The monoisotopic (exact) mass is 396 g/mol. The molecule has 5 rings (SSSR count). The lowest BCUT2D eigenvalue weighted by Gasteiger charge is -2.13. The quantitative estimate of drug-likeness (QED) is 0.431. The number of hydrogen-bond acceptors (Lipinski definition) is 4. The van der Waals surface area contributed by atoms with Gasteiger partial charge in [0.05, 0.1) is 28.5 Å². The summed E-state index contributed by atoms with van der Waals surface area (Å²) in [5.74, 6) is 0. The molecule has 4 nitrogen and oxygen atoms in total. The number of aryl methyl sites for hydroxylation is 1. The topological polar surface area (TPSA) is 43.1 Å². The summed E-state index contributed by atoms with van der Waals surface area (Å²) in [6.45, 7) is 2.11. The highest BCUT2D eigenvalue weighted by molar-refractivity contribution is 7.99. The molecule has 0 bridgehead atoms. The van der Waals surface area contributed by atoms with Gasteiger partial charge in [0.2, 0.25) is 0 Å². The van der Waals surface area contributed by atoms with Crippen LogP contribution in [0.5, 0.6) is 0 Å². The highest BCUT2D eigenvalue weighted by Crippen LogP contribution is 2.44. The van der Waals surface area contributed by atoms with Crippen molar-refractivity contribution in [1.29, 1.82) is 0 Å². The zero-order valence-electron chi connectivity index (χ0n) is 16.1. The van der Waals surface area contributed by atoms with E-state index >= 15 is 0 Å². The maximum absolute atomic E-state index is 5.02. The Morgan fingerprint density at radius 2 is 1.66 bits per heavy atom. The predicted octanol–water partition coefficient (Wildman–Crippen LogP) is 5.93. The molecule has 1 aromatic heterocycles. The van der Waals surface area contributed by atoms with E-state index in [0.717, 1.165) is 34.8 Å². The molecule has 2 heterocycles. The van der Waals surface area contributed by atoms with Crippen LogP contribution in [-0.2, 0) is 0 Å². The molecule has 0 fully saturated rings. The van der Waals surface area contributed by atoms with Gasteiger partial charge in [0.1, 0.15) is 0 Å². The molecular formula is C24H20N4S. The summed E-state index contributed by atoms with van der Waals surface area (Å²) in [7, 11) is 0. The van der Waals surface area contributed by atoms with Crippen LogP contribution in [0.3, 0.4) is 0 Å². The Morgan fingerprint density at radius 1 is 0.897 bits per heavy atom. The number of aliphatic imine (C=N–C) groups is 1. The van der Waals surface area contributed by atoms with Crippen LogP contribution < -0.4 is 0 Å². The van der Waals surface area contributed by atoms with Crippen LogP contribution in [-0.4, -0.2) is 20.7 Å². The van der Waals surface area contributed by atoms with Crippen molar-refractivity contribution in [2.45, 2.75) is 23.5 Å². The van der Waals surface area contributed by atoms with E-state index in [4.69, 9.17) is 10.1 Å². The van der Waals surface area contributed by atoms with E-state index in [1.807, 2.05) is 54.4 Å². The van der Waals surface area contributed by atoms with E-state index in [2.05, 4.69) is 54.5 Å². The second kappa shape index (κ2) is 7.68. The lowest BCUT2D eigenvalue weighted by Crippen LogP contribution is -2.07. The first-order chi connectivity index (χ1) is 14.3. The maximum atomic E-state index is 5.02. The normalized spacial score (nSPS) is 16.0. The molecule has 1 aliphatic heterocycles. The summed E-state index contributed by atoms with van der Waals surface area (Å²) in [6.07, 6.45) is 2.68. The van der Waals surface area contributed by atoms with Crippen LogP contribution in [0.4, 0.5) is 5.69 Å². The second-order valence-corrected chi connectivity index (χ2v) is 8.34. The first-order valence-corrected chi connectivity index (χ1v) is 10.5. The van der Waals surface area contributed by atoms with Gasteiger partial charge in [-0.15, -0.1) is 11.8 Å². The van der Waals surface area contributed by atoms with E-state index in [-0.39, 0.29) is 5.25 Å². The molecule has 4 aromatic rings. The molecule has 0 saturated carbocycles. The highest BCUT2D eigenvalue weighted by Gasteiger charge is 2.24. The Balaban J connectivity index is 1.54. The van der Waals surface area contributed by atoms with Gasteiger partial charge in [0.25, 0.3) is 0 Å². The molecule has 1 aliphatic rings. The van der Waals surface area contributed by atoms with E-state index in [1.165, 1.54) is 10.5 Å². The Hall–Kier alpha value is -3.18. The molecule has 0 aliphatic carbocycles. The molecule has 0 saturated heterocycles. The van der Waals surface area contributed by atoms with Crippen molar-refractivity contribution in [3.8, 4) is 5.69 Å². The van der Waals surface area contributed by atoms with Crippen LogP contribution in [0, 0.1) is 6.92 Å². The standard InChI is InChI=1S/C24H20N4S/c1-17-11-13-18(14-12-17)21-15-24(29-23-10-6-5-9-20(23)26-21)22-16-25-28(27-22)19-7-3-2-4-8-19/h2-14,16,24H,15H2,1H3. The summed E-state index contributed by atoms with van der Waals surface area (Å²) in [4.78, 5) is 7.90. The minimum absolute atomic E-state index is 0.149. The van der Waals surface area contributed by atoms with Crippen molar-refractivity contribution in [3.05, 3.63) is 102 Å². The number of fused-ring (bicyclic) bond motifs is 1. The Morgan fingerprint density at radius 3 is 2.48 bits per heavy atom. The van der Waals surface area contributed by atoms with Crippen molar-refractivity contribution >= 4 is 23.2 Å². The van der Waals surface area contributed by atoms with E-state index < -0.39 is 0 Å². The number of para-hydroxylation sites is 2. The minimum Gasteiger partial charge on any atom is -0.252 e. The Kier molecular flexibility index (Phi) is 4.74. The maximum Gasteiger partial charge on any atom is 0.0969 e. The van der Waals surface area contributed by atoms with Crippen LogP contribution >= 0.6 is 11.8 Å². The van der Waals surface area contributed by atoms with Crippen LogP contribution in [0.25, 0.3) is 5.69 Å². The summed E-state index contributed by atoms with van der Waals surface area (Å²) >= 11 is 1.81. The Labute approximate surface area is 174 Å². The summed E-state index contributed by atoms with van der Waals surface area (Å²) in [5, 5.41) is 9.45. The third kappa shape index (κ3) is 3.74. The van der Waals surface area contributed by atoms with E-state index in [0.29, 0.717) is 0 Å². The molecule has 29 heavy (non-hydrogen) atoms. The molecule has 0 spiro atoms. The van der Waals surface area contributed by atoms with Crippen molar-refractivity contribution in [1.82, 2.24) is 15.0 Å². The Bertz CT molecular complexity index is 1160. The van der Waals surface area contributed by atoms with Gasteiger partial charge in [-0.1, -0.05) is 60.2 Å². The van der Waals surface area contributed by atoms with Crippen molar-refractivity contribution in [3.63, 3.8) is 0 Å². The van der Waals surface area contributed by atoms with Gasteiger partial charge in [0, 0.05) is 17.0 Å². The van der Waals surface area contributed by atoms with Crippen LogP contribution in [0.15, 0.2) is 94.9 Å². The summed E-state index contributed by atoms with van der Waals surface area (Å²) in [5.41, 5.74) is 6.45. The van der Waals surface area contributed by atoms with Gasteiger partial charge in [-0.3, -0.25) is 4.99 Å². The van der Waals surface area contributed by atoms with Crippen molar-refractivity contribution < 1.29 is 0 Å². The average molecular weight is 397 g/mol. The molecule has 0 N–H and O–H groups in total. The number of thioether (sulfide) groups is 1. The van der Waals surface area contributed by atoms with Crippen LogP contribution in [0.2, 0.25) is 0 Å². The SMILES string of the molecule is Cc1ccc(C2=Nc3ccccc3SC(c3cnn(-c4ccccc4)n3)C2)cc1. The molecule has 0 amide bonds. The average Bonchev–Trinajstić information content (AvgIpc) is 3.17. The van der Waals surface area contributed by atoms with Gasteiger partial charge in [-0.25, -0.2) is 0 Å². The lowest BCUT2D eigenvalue weighted by molar-refractivity contribution is 0.735. The number of aromatic nitrogens is 3. The minimum atomic E-state index is 0.149. The first-order valence-electron chi connectivity index (χ1n) is 9.64. The molecule has 142 valence electrons. The summed E-state index contributed by atoms with van der Waals surface area (Å²) < 4.78 is 0. The smallest absolute Gasteiger partial charge is 0.0969 e. The van der Waals surface area contributed by atoms with Gasteiger partial charge in [-0.2, -0.15) is 15.0 Å². The predicted molar refractivity (Wildman–Crippen MR) is 118 cm³/mol. The number of hydrogen-bond donors (Lipinski definition) is 0. The largest absolute Gasteiger partial charge is 0.252 e.